The number of carbonyl (C=O) groups is 1. The predicted octanol–water partition coefficient (Wildman–Crippen LogP) is 2.08. The van der Waals surface area contributed by atoms with E-state index < -0.39 is 10.0 Å². The van der Waals surface area contributed by atoms with E-state index in [0.29, 0.717) is 26.2 Å². The van der Waals surface area contributed by atoms with E-state index in [1.54, 1.807) is 0 Å². The summed E-state index contributed by atoms with van der Waals surface area (Å²) < 4.78 is 26.9. The molecule has 6 nitrogen and oxygen atoms in total. The molecule has 1 aliphatic rings. The molecule has 0 unspecified atom stereocenters. The molecular formula is C20H25N3O3S. The molecule has 1 aliphatic heterocycles. The van der Waals surface area contributed by atoms with Gasteiger partial charge in [0.2, 0.25) is 15.9 Å². The molecule has 1 N–H and O–H groups in total. The van der Waals surface area contributed by atoms with Crippen LogP contribution in [0, 0.1) is 6.92 Å². The number of hydrogen-bond donors (Lipinski definition) is 1. The molecule has 7 heteroatoms. The van der Waals surface area contributed by atoms with Crippen LogP contribution in [0.5, 0.6) is 0 Å². The van der Waals surface area contributed by atoms with Gasteiger partial charge in [-0.15, -0.1) is 0 Å². The Balaban J connectivity index is 1.50. The van der Waals surface area contributed by atoms with Crippen LogP contribution in [0.3, 0.4) is 0 Å². The van der Waals surface area contributed by atoms with E-state index >= 15 is 0 Å². The third-order valence-corrected chi connectivity index (χ3v) is 6.43. The molecule has 3 rings (SSSR count). The topological polar surface area (TPSA) is 69.7 Å². The highest BCUT2D eigenvalue weighted by Gasteiger charge is 2.27. The molecule has 1 heterocycles. The number of aryl methyl sites for hydroxylation is 1. The monoisotopic (exact) mass is 387 g/mol. The number of para-hydroxylation sites is 1. The van der Waals surface area contributed by atoms with Gasteiger partial charge in [-0.1, -0.05) is 48.0 Å². The van der Waals surface area contributed by atoms with Gasteiger partial charge in [-0.3, -0.25) is 9.69 Å². The van der Waals surface area contributed by atoms with Crippen LogP contribution in [0.2, 0.25) is 0 Å². The van der Waals surface area contributed by atoms with Crippen LogP contribution in [0.4, 0.5) is 5.69 Å². The van der Waals surface area contributed by atoms with Crippen LogP contribution >= 0.6 is 0 Å². The second-order valence-electron chi connectivity index (χ2n) is 6.83. The fraction of sp³-hybridized carbons (Fsp3) is 0.350. The first-order valence-electron chi connectivity index (χ1n) is 9.03. The number of nitrogens with zero attached hydrogens (tertiary/aromatic N) is 2. The molecule has 0 spiro atoms. The van der Waals surface area contributed by atoms with Gasteiger partial charge in [-0.2, -0.15) is 4.31 Å². The van der Waals surface area contributed by atoms with E-state index in [1.807, 2.05) is 66.4 Å². The average molecular weight is 388 g/mol. The molecule has 27 heavy (non-hydrogen) atoms. The molecule has 1 amide bonds. The molecular weight excluding hydrogens is 362 g/mol. The van der Waals surface area contributed by atoms with Crippen LogP contribution in [0.1, 0.15) is 11.1 Å². The van der Waals surface area contributed by atoms with Gasteiger partial charge in [-0.25, -0.2) is 8.42 Å². The number of nitrogens with one attached hydrogen (secondary N) is 1. The van der Waals surface area contributed by atoms with Crippen molar-refractivity contribution in [2.24, 2.45) is 0 Å². The van der Waals surface area contributed by atoms with Crippen molar-refractivity contribution in [3.05, 3.63) is 65.7 Å². The van der Waals surface area contributed by atoms with E-state index in [9.17, 15) is 13.2 Å². The van der Waals surface area contributed by atoms with Crippen molar-refractivity contribution < 1.29 is 13.2 Å². The fourth-order valence-corrected chi connectivity index (χ4v) is 4.70. The second-order valence-corrected chi connectivity index (χ2v) is 8.80. The molecule has 0 radical (unpaired) electrons. The number of hydrogen-bond acceptors (Lipinski definition) is 4. The first-order chi connectivity index (χ1) is 12.9. The van der Waals surface area contributed by atoms with Crippen molar-refractivity contribution in [3.8, 4) is 0 Å². The molecule has 0 atom stereocenters. The largest absolute Gasteiger partial charge is 0.325 e. The molecule has 1 saturated heterocycles. The SMILES string of the molecule is Cc1cccc(CS(=O)(=O)N2CCN(CC(=O)Nc3ccccc3)CC2)c1. The summed E-state index contributed by atoms with van der Waals surface area (Å²) in [7, 11) is -3.35. The lowest BCUT2D eigenvalue weighted by molar-refractivity contribution is -0.117. The minimum atomic E-state index is -3.35. The molecule has 0 aromatic heterocycles. The van der Waals surface area contributed by atoms with Crippen LogP contribution in [-0.4, -0.2) is 56.3 Å². The van der Waals surface area contributed by atoms with Crippen molar-refractivity contribution in [1.82, 2.24) is 9.21 Å². The summed E-state index contributed by atoms with van der Waals surface area (Å²) in [5, 5.41) is 2.86. The van der Waals surface area contributed by atoms with E-state index in [0.717, 1.165) is 16.8 Å². The Morgan fingerprint density at radius 1 is 1.00 bits per heavy atom. The Bertz CT molecular complexity index is 876. The summed E-state index contributed by atoms with van der Waals surface area (Å²) >= 11 is 0. The number of sulfonamides is 1. The second kappa shape index (κ2) is 8.65. The summed E-state index contributed by atoms with van der Waals surface area (Å²) in [4.78, 5) is 14.1. The number of amides is 1. The van der Waals surface area contributed by atoms with Crippen molar-refractivity contribution in [1.29, 1.82) is 0 Å². The number of rotatable bonds is 6. The van der Waals surface area contributed by atoms with E-state index in [4.69, 9.17) is 0 Å². The zero-order valence-electron chi connectivity index (χ0n) is 15.5. The molecule has 2 aromatic carbocycles. The van der Waals surface area contributed by atoms with E-state index in [-0.39, 0.29) is 18.2 Å². The van der Waals surface area contributed by atoms with Crippen molar-refractivity contribution in [2.45, 2.75) is 12.7 Å². The third kappa shape index (κ3) is 5.63. The van der Waals surface area contributed by atoms with Gasteiger partial charge >= 0.3 is 0 Å². The number of benzene rings is 2. The lowest BCUT2D eigenvalue weighted by Crippen LogP contribution is -2.50. The predicted molar refractivity (Wildman–Crippen MR) is 107 cm³/mol. The van der Waals surface area contributed by atoms with Crippen molar-refractivity contribution in [2.75, 3.05) is 38.0 Å². The maximum atomic E-state index is 12.7. The molecule has 0 saturated carbocycles. The number of piperazine rings is 1. The maximum absolute atomic E-state index is 12.7. The Labute approximate surface area is 160 Å². The summed E-state index contributed by atoms with van der Waals surface area (Å²) in [6.45, 7) is 4.14. The number of carbonyl (C=O) groups excluding carboxylic acids is 1. The van der Waals surface area contributed by atoms with Crippen LogP contribution in [-0.2, 0) is 20.6 Å². The maximum Gasteiger partial charge on any atom is 0.238 e. The summed E-state index contributed by atoms with van der Waals surface area (Å²) in [6.07, 6.45) is 0. The van der Waals surface area contributed by atoms with Gasteiger partial charge < -0.3 is 5.32 Å². The quantitative estimate of drug-likeness (QED) is 0.824. The molecule has 2 aromatic rings. The lowest BCUT2D eigenvalue weighted by atomic mass is 10.2. The first-order valence-corrected chi connectivity index (χ1v) is 10.6. The summed E-state index contributed by atoms with van der Waals surface area (Å²) in [6, 6.07) is 16.9. The van der Waals surface area contributed by atoms with Gasteiger partial charge in [0.25, 0.3) is 0 Å². The van der Waals surface area contributed by atoms with Gasteiger partial charge in [0, 0.05) is 31.9 Å². The molecule has 0 bridgehead atoms. The highest BCUT2D eigenvalue weighted by atomic mass is 32.2. The fourth-order valence-electron chi connectivity index (χ4n) is 3.19. The zero-order valence-corrected chi connectivity index (χ0v) is 16.3. The van der Waals surface area contributed by atoms with Crippen LogP contribution in [0.25, 0.3) is 0 Å². The number of anilines is 1. The highest BCUT2D eigenvalue weighted by molar-refractivity contribution is 7.88. The minimum Gasteiger partial charge on any atom is -0.325 e. The Morgan fingerprint density at radius 2 is 1.70 bits per heavy atom. The van der Waals surface area contributed by atoms with Crippen molar-refractivity contribution in [3.63, 3.8) is 0 Å². The Morgan fingerprint density at radius 3 is 2.37 bits per heavy atom. The Hall–Kier alpha value is -2.22. The first kappa shape index (κ1) is 19.5. The summed E-state index contributed by atoms with van der Waals surface area (Å²) in [5.74, 6) is -0.0688. The van der Waals surface area contributed by atoms with E-state index in [2.05, 4.69) is 5.32 Å². The zero-order chi connectivity index (χ0) is 19.3. The third-order valence-electron chi connectivity index (χ3n) is 4.58. The highest BCUT2D eigenvalue weighted by Crippen LogP contribution is 2.15. The smallest absolute Gasteiger partial charge is 0.238 e. The van der Waals surface area contributed by atoms with Crippen LogP contribution in [0.15, 0.2) is 54.6 Å². The molecule has 1 fully saturated rings. The van der Waals surface area contributed by atoms with Crippen LogP contribution < -0.4 is 5.32 Å². The standard InChI is InChI=1S/C20H25N3O3S/c1-17-6-5-7-18(14-17)16-27(25,26)23-12-10-22(11-13-23)15-20(24)21-19-8-3-2-4-9-19/h2-9,14H,10-13,15-16H2,1H3,(H,21,24). The average Bonchev–Trinajstić information content (AvgIpc) is 2.62. The summed E-state index contributed by atoms with van der Waals surface area (Å²) in [5.41, 5.74) is 2.62. The normalized spacial score (nSPS) is 16.2. The molecule has 0 aliphatic carbocycles. The Kier molecular flexibility index (Phi) is 6.26. The van der Waals surface area contributed by atoms with Gasteiger partial charge in [0.15, 0.2) is 0 Å². The van der Waals surface area contributed by atoms with Crippen molar-refractivity contribution >= 4 is 21.6 Å². The lowest BCUT2D eigenvalue weighted by Gasteiger charge is -2.33. The van der Waals surface area contributed by atoms with Gasteiger partial charge in [0.1, 0.15) is 0 Å². The van der Waals surface area contributed by atoms with Gasteiger partial charge in [0.05, 0.1) is 12.3 Å². The van der Waals surface area contributed by atoms with E-state index in [1.165, 1.54) is 4.31 Å². The minimum absolute atomic E-state index is 0.0170. The molecule has 144 valence electrons. The van der Waals surface area contributed by atoms with Gasteiger partial charge in [-0.05, 0) is 24.6 Å².